The predicted molar refractivity (Wildman–Crippen MR) is 64.6 cm³/mol. The highest BCUT2D eigenvalue weighted by atomic mass is 79.9. The second-order valence-electron chi connectivity index (χ2n) is 3.32. The Morgan fingerprint density at radius 3 is 2.88 bits per heavy atom. The van der Waals surface area contributed by atoms with E-state index in [0.717, 1.165) is 4.47 Å². The minimum absolute atomic E-state index is 0.329. The topological polar surface area (TPSA) is 72.0 Å². The first-order valence-corrected chi connectivity index (χ1v) is 5.46. The number of rotatable bonds is 2. The molecule has 0 bridgehead atoms. The number of aliphatic hydroxyl groups excluding tert-OH is 1. The van der Waals surface area contributed by atoms with Crippen molar-refractivity contribution in [2.75, 3.05) is 5.73 Å². The van der Waals surface area contributed by atoms with Crippen LogP contribution in [0, 0.1) is 0 Å². The maximum absolute atomic E-state index is 10.1. The molecule has 2 rings (SSSR count). The maximum atomic E-state index is 10.1. The third-order valence-electron chi connectivity index (χ3n) is 2.21. The molecule has 0 amide bonds. The summed E-state index contributed by atoms with van der Waals surface area (Å²) >= 11 is 3.30. The number of nitrogens with zero attached hydrogens (tertiary/aromatic N) is 2. The summed E-state index contributed by atoms with van der Waals surface area (Å²) in [5.41, 5.74) is 6.95. The van der Waals surface area contributed by atoms with E-state index in [0.29, 0.717) is 16.9 Å². The first-order chi connectivity index (χ1) is 7.68. The van der Waals surface area contributed by atoms with Gasteiger partial charge in [-0.15, -0.1) is 0 Å². The van der Waals surface area contributed by atoms with E-state index in [-0.39, 0.29) is 0 Å². The summed E-state index contributed by atoms with van der Waals surface area (Å²) in [6.45, 7) is 0. The third kappa shape index (κ3) is 2.20. The molecule has 2 aromatic rings. The fraction of sp³-hybridized carbons (Fsp3) is 0.0909. The lowest BCUT2D eigenvalue weighted by atomic mass is 10.0. The zero-order chi connectivity index (χ0) is 11.5. The Kier molecular flexibility index (Phi) is 3.17. The summed E-state index contributed by atoms with van der Waals surface area (Å²) in [5.74, 6) is 0.329. The molecule has 3 N–H and O–H groups in total. The fourth-order valence-electron chi connectivity index (χ4n) is 1.42. The summed E-state index contributed by atoms with van der Waals surface area (Å²) in [6.07, 6.45) is 4.04. The molecule has 0 aliphatic carbocycles. The van der Waals surface area contributed by atoms with Gasteiger partial charge in [0, 0.05) is 34.2 Å². The Hall–Kier alpha value is -1.46. The van der Waals surface area contributed by atoms with Crippen LogP contribution in [-0.2, 0) is 0 Å². The average Bonchev–Trinajstić information content (AvgIpc) is 2.29. The van der Waals surface area contributed by atoms with Gasteiger partial charge in [-0.05, 0) is 28.1 Å². The lowest BCUT2D eigenvalue weighted by Crippen LogP contribution is -2.05. The molecule has 2 aromatic heterocycles. The van der Waals surface area contributed by atoms with Gasteiger partial charge in [0.15, 0.2) is 0 Å². The van der Waals surface area contributed by atoms with E-state index in [9.17, 15) is 5.11 Å². The van der Waals surface area contributed by atoms with E-state index in [2.05, 4.69) is 25.9 Å². The van der Waals surface area contributed by atoms with Crippen LogP contribution in [0.25, 0.3) is 0 Å². The van der Waals surface area contributed by atoms with Crippen LogP contribution in [-0.4, -0.2) is 15.1 Å². The molecule has 0 aliphatic heterocycles. The summed E-state index contributed by atoms with van der Waals surface area (Å²) in [6, 6.07) is 5.28. The maximum Gasteiger partial charge on any atom is 0.129 e. The molecular formula is C11H10BrN3O. The van der Waals surface area contributed by atoms with Crippen molar-refractivity contribution in [3.05, 3.63) is 52.4 Å². The van der Waals surface area contributed by atoms with Crippen LogP contribution in [0.3, 0.4) is 0 Å². The average molecular weight is 280 g/mol. The molecule has 4 nitrogen and oxygen atoms in total. The number of nitrogens with two attached hydrogens (primary N) is 1. The highest BCUT2D eigenvalue weighted by molar-refractivity contribution is 9.10. The van der Waals surface area contributed by atoms with Gasteiger partial charge >= 0.3 is 0 Å². The van der Waals surface area contributed by atoms with Crippen molar-refractivity contribution in [2.45, 2.75) is 6.10 Å². The number of nitrogen functional groups attached to an aromatic ring is 1. The van der Waals surface area contributed by atoms with Crippen LogP contribution >= 0.6 is 15.9 Å². The van der Waals surface area contributed by atoms with Crippen LogP contribution in [0.2, 0.25) is 0 Å². The normalized spacial score (nSPS) is 12.4. The predicted octanol–water partition coefficient (Wildman–Crippen LogP) is 1.90. The lowest BCUT2D eigenvalue weighted by Gasteiger charge is -2.12. The largest absolute Gasteiger partial charge is 0.383 e. The molecule has 0 aliphatic rings. The molecule has 0 fully saturated rings. The number of pyridine rings is 2. The monoisotopic (exact) mass is 279 g/mol. The highest BCUT2D eigenvalue weighted by Crippen LogP contribution is 2.25. The van der Waals surface area contributed by atoms with Crippen molar-refractivity contribution < 1.29 is 5.11 Å². The Balaban J connectivity index is 2.39. The molecule has 82 valence electrons. The van der Waals surface area contributed by atoms with Gasteiger partial charge in [-0.2, -0.15) is 0 Å². The van der Waals surface area contributed by atoms with Crippen molar-refractivity contribution in [1.82, 2.24) is 9.97 Å². The van der Waals surface area contributed by atoms with E-state index in [1.165, 1.54) is 0 Å². The van der Waals surface area contributed by atoms with Crippen molar-refractivity contribution in [2.24, 2.45) is 0 Å². The van der Waals surface area contributed by atoms with Crippen LogP contribution in [0.1, 0.15) is 17.2 Å². The molecule has 0 saturated carbocycles. The molecule has 5 heteroatoms. The van der Waals surface area contributed by atoms with Crippen LogP contribution in [0.5, 0.6) is 0 Å². The lowest BCUT2D eigenvalue weighted by molar-refractivity contribution is 0.220. The minimum Gasteiger partial charge on any atom is -0.383 e. The van der Waals surface area contributed by atoms with Gasteiger partial charge in [0.25, 0.3) is 0 Å². The van der Waals surface area contributed by atoms with Crippen molar-refractivity contribution in [3.8, 4) is 0 Å². The first kappa shape index (κ1) is 11.0. The van der Waals surface area contributed by atoms with Gasteiger partial charge in [0.2, 0.25) is 0 Å². The number of aliphatic hydroxyl groups is 1. The van der Waals surface area contributed by atoms with Crippen molar-refractivity contribution >= 4 is 21.7 Å². The molecule has 0 aromatic carbocycles. The van der Waals surface area contributed by atoms with E-state index < -0.39 is 6.10 Å². The third-order valence-corrected chi connectivity index (χ3v) is 2.64. The van der Waals surface area contributed by atoms with Gasteiger partial charge in [-0.25, -0.2) is 4.98 Å². The smallest absolute Gasteiger partial charge is 0.129 e. The zero-order valence-corrected chi connectivity index (χ0v) is 9.92. The van der Waals surface area contributed by atoms with Gasteiger partial charge in [-0.3, -0.25) is 4.98 Å². The summed E-state index contributed by atoms with van der Waals surface area (Å²) in [4.78, 5) is 7.93. The number of halogens is 1. The van der Waals surface area contributed by atoms with Crippen LogP contribution < -0.4 is 5.73 Å². The van der Waals surface area contributed by atoms with Crippen LogP contribution in [0.15, 0.2) is 41.3 Å². The van der Waals surface area contributed by atoms with E-state index in [1.807, 2.05) is 0 Å². The van der Waals surface area contributed by atoms with E-state index in [4.69, 9.17) is 5.73 Å². The molecule has 1 unspecified atom stereocenters. The molecule has 16 heavy (non-hydrogen) atoms. The van der Waals surface area contributed by atoms with E-state index in [1.54, 1.807) is 36.8 Å². The van der Waals surface area contributed by atoms with Gasteiger partial charge < -0.3 is 10.8 Å². The molecule has 0 spiro atoms. The summed E-state index contributed by atoms with van der Waals surface area (Å²) < 4.78 is 0.812. The van der Waals surface area contributed by atoms with Gasteiger partial charge in [0.1, 0.15) is 11.9 Å². The van der Waals surface area contributed by atoms with Gasteiger partial charge in [0.05, 0.1) is 0 Å². The number of hydrogen-bond donors (Lipinski definition) is 2. The first-order valence-electron chi connectivity index (χ1n) is 4.67. The number of aromatic nitrogens is 2. The number of hydrogen-bond acceptors (Lipinski definition) is 4. The Bertz CT molecular complexity index is 504. The second kappa shape index (κ2) is 4.59. The zero-order valence-electron chi connectivity index (χ0n) is 8.34. The highest BCUT2D eigenvalue weighted by Gasteiger charge is 2.14. The second-order valence-corrected chi connectivity index (χ2v) is 4.23. The summed E-state index contributed by atoms with van der Waals surface area (Å²) in [7, 11) is 0. The SMILES string of the molecule is Nc1ncccc1C(O)c1cncc(Br)c1. The molecule has 2 heterocycles. The Morgan fingerprint density at radius 2 is 2.19 bits per heavy atom. The van der Waals surface area contributed by atoms with E-state index >= 15 is 0 Å². The van der Waals surface area contributed by atoms with Crippen molar-refractivity contribution in [1.29, 1.82) is 0 Å². The number of anilines is 1. The van der Waals surface area contributed by atoms with Gasteiger partial charge in [-0.1, -0.05) is 6.07 Å². The van der Waals surface area contributed by atoms with Crippen molar-refractivity contribution in [3.63, 3.8) is 0 Å². The summed E-state index contributed by atoms with van der Waals surface area (Å²) in [5, 5.41) is 10.1. The Morgan fingerprint density at radius 1 is 1.38 bits per heavy atom. The standard InChI is InChI=1S/C11H10BrN3O/c12-8-4-7(5-14-6-8)10(16)9-2-1-3-15-11(9)13/h1-6,10,16H,(H2,13,15). The molecule has 0 radical (unpaired) electrons. The molecular weight excluding hydrogens is 270 g/mol. The quantitative estimate of drug-likeness (QED) is 0.881. The Labute approximate surface area is 101 Å². The minimum atomic E-state index is -0.807. The molecule has 1 atom stereocenters. The van der Waals surface area contributed by atoms with Crippen LogP contribution in [0.4, 0.5) is 5.82 Å². The molecule has 0 saturated heterocycles. The fourth-order valence-corrected chi connectivity index (χ4v) is 1.80.